The lowest BCUT2D eigenvalue weighted by molar-refractivity contribution is -0.141. The summed E-state index contributed by atoms with van der Waals surface area (Å²) in [6, 6.07) is 3.72. The summed E-state index contributed by atoms with van der Waals surface area (Å²) in [5.41, 5.74) is 0.781. The molecule has 0 unspecified atom stereocenters. The number of ether oxygens (including phenoxy) is 3. The lowest BCUT2D eigenvalue weighted by atomic mass is 9.86. The summed E-state index contributed by atoms with van der Waals surface area (Å²) in [5.74, 6) is 1.41. The van der Waals surface area contributed by atoms with Gasteiger partial charge in [-0.15, -0.1) is 0 Å². The molecule has 0 radical (unpaired) electrons. The molecule has 0 spiro atoms. The van der Waals surface area contributed by atoms with Crippen LogP contribution in [0.3, 0.4) is 0 Å². The number of thiazole rings is 1. The van der Waals surface area contributed by atoms with Crippen molar-refractivity contribution in [1.82, 2.24) is 4.57 Å². The van der Waals surface area contributed by atoms with E-state index in [0.29, 0.717) is 41.9 Å². The number of carbonyl (C=O) groups excluding carboxylic acids is 2. The molecule has 1 amide bonds. The van der Waals surface area contributed by atoms with Crippen LogP contribution in [-0.2, 0) is 20.9 Å². The molecule has 1 aromatic heterocycles. The third-order valence-electron chi connectivity index (χ3n) is 5.57. The molecule has 1 fully saturated rings. The van der Waals surface area contributed by atoms with Crippen molar-refractivity contribution < 1.29 is 23.8 Å². The highest BCUT2D eigenvalue weighted by molar-refractivity contribution is 7.16. The van der Waals surface area contributed by atoms with Crippen molar-refractivity contribution in [3.8, 4) is 11.5 Å². The maximum Gasteiger partial charge on any atom is 0.325 e. The number of fused-ring (bicyclic) bond motifs is 2. The lowest BCUT2D eigenvalue weighted by Gasteiger charge is -2.20. The predicted molar refractivity (Wildman–Crippen MR) is 109 cm³/mol. The first kappa shape index (κ1) is 19.9. The average molecular weight is 419 g/mol. The third-order valence-corrected chi connectivity index (χ3v) is 6.61. The number of amides is 1. The molecule has 2 heterocycles. The maximum absolute atomic E-state index is 12.6. The Hall–Kier alpha value is -2.35. The van der Waals surface area contributed by atoms with E-state index in [-0.39, 0.29) is 12.5 Å². The minimum absolute atomic E-state index is 0.00905. The van der Waals surface area contributed by atoms with Crippen LogP contribution in [-0.4, -0.2) is 36.8 Å². The smallest absolute Gasteiger partial charge is 0.325 e. The fourth-order valence-electron chi connectivity index (χ4n) is 4.00. The number of nitrogens with zero attached hydrogens (tertiary/aromatic N) is 2. The first-order valence-corrected chi connectivity index (χ1v) is 11.0. The normalized spacial score (nSPS) is 17.5. The van der Waals surface area contributed by atoms with Crippen LogP contribution in [0.2, 0.25) is 0 Å². The summed E-state index contributed by atoms with van der Waals surface area (Å²) in [6.45, 7) is 0.977. The number of hydrogen-bond donors (Lipinski definition) is 0. The zero-order chi connectivity index (χ0) is 20.2. The largest absolute Gasteiger partial charge is 0.486 e. The van der Waals surface area contributed by atoms with Crippen LogP contribution >= 0.6 is 11.3 Å². The Morgan fingerprint density at radius 3 is 2.62 bits per heavy atom. The molecule has 4 rings (SSSR count). The van der Waals surface area contributed by atoms with Gasteiger partial charge in [0, 0.05) is 18.6 Å². The van der Waals surface area contributed by atoms with Crippen molar-refractivity contribution in [2.24, 2.45) is 10.9 Å². The van der Waals surface area contributed by atoms with Gasteiger partial charge in [0.05, 0.1) is 17.3 Å². The van der Waals surface area contributed by atoms with E-state index in [2.05, 4.69) is 4.99 Å². The molecular formula is C21H26N2O5S. The van der Waals surface area contributed by atoms with Crippen molar-refractivity contribution in [2.75, 3.05) is 20.3 Å². The molecule has 29 heavy (non-hydrogen) atoms. The van der Waals surface area contributed by atoms with Gasteiger partial charge in [-0.1, -0.05) is 43.4 Å². The maximum atomic E-state index is 12.6. The summed E-state index contributed by atoms with van der Waals surface area (Å²) < 4.78 is 18.8. The predicted octanol–water partition coefficient (Wildman–Crippen LogP) is 3.43. The molecule has 0 bridgehead atoms. The van der Waals surface area contributed by atoms with Crippen LogP contribution in [0.15, 0.2) is 17.1 Å². The lowest BCUT2D eigenvalue weighted by Crippen LogP contribution is -2.22. The SMILES string of the molecule is COC(=O)Cn1c(=NC(=O)CCC2CCCCC2)sc2cc3c(cc21)OCCO3. The highest BCUT2D eigenvalue weighted by Crippen LogP contribution is 2.35. The van der Waals surface area contributed by atoms with Gasteiger partial charge in [0.25, 0.3) is 0 Å². The van der Waals surface area contributed by atoms with Gasteiger partial charge in [-0.3, -0.25) is 9.59 Å². The second-order valence-corrected chi connectivity index (χ2v) is 8.57. The van der Waals surface area contributed by atoms with Crippen molar-refractivity contribution in [3.05, 3.63) is 16.9 Å². The van der Waals surface area contributed by atoms with Gasteiger partial charge >= 0.3 is 5.97 Å². The summed E-state index contributed by atoms with van der Waals surface area (Å²) >= 11 is 1.37. The molecule has 7 nitrogen and oxygen atoms in total. The Bertz CT molecular complexity index is 971. The molecule has 2 aliphatic rings. The minimum Gasteiger partial charge on any atom is -0.486 e. The van der Waals surface area contributed by atoms with E-state index in [1.54, 1.807) is 4.57 Å². The van der Waals surface area contributed by atoms with Crippen LogP contribution in [0.5, 0.6) is 11.5 Å². The van der Waals surface area contributed by atoms with Crippen molar-refractivity contribution in [1.29, 1.82) is 0 Å². The number of hydrogen-bond acceptors (Lipinski definition) is 6. The Morgan fingerprint density at radius 1 is 1.17 bits per heavy atom. The third kappa shape index (κ3) is 4.63. The van der Waals surface area contributed by atoms with Gasteiger partial charge < -0.3 is 18.8 Å². The van der Waals surface area contributed by atoms with Crippen LogP contribution < -0.4 is 14.3 Å². The highest BCUT2D eigenvalue weighted by atomic mass is 32.1. The Kier molecular flexibility index (Phi) is 6.18. The minimum atomic E-state index is -0.393. The first-order valence-electron chi connectivity index (χ1n) is 10.2. The summed E-state index contributed by atoms with van der Waals surface area (Å²) in [6.07, 6.45) is 7.59. The molecule has 0 saturated heterocycles. The van der Waals surface area contributed by atoms with Gasteiger partial charge in [-0.05, 0) is 12.3 Å². The standard InChI is InChI=1S/C21H26N2O5S/c1-26-20(25)13-23-15-11-16-17(28-10-9-27-16)12-18(15)29-21(23)22-19(24)8-7-14-5-3-2-4-6-14/h11-12,14H,2-10,13H2,1H3. The van der Waals surface area contributed by atoms with Crippen LogP contribution in [0.25, 0.3) is 10.2 Å². The molecule has 1 aliphatic carbocycles. The number of benzene rings is 1. The van der Waals surface area contributed by atoms with E-state index in [0.717, 1.165) is 16.6 Å². The molecule has 2 aromatic rings. The molecule has 156 valence electrons. The van der Waals surface area contributed by atoms with Crippen molar-refractivity contribution in [3.63, 3.8) is 0 Å². The number of rotatable bonds is 5. The molecule has 8 heteroatoms. The number of aromatic nitrogens is 1. The van der Waals surface area contributed by atoms with Crippen molar-refractivity contribution in [2.45, 2.75) is 51.5 Å². The zero-order valence-electron chi connectivity index (χ0n) is 16.6. The Morgan fingerprint density at radius 2 is 1.90 bits per heavy atom. The average Bonchev–Trinajstić information content (AvgIpc) is 3.07. The molecular weight excluding hydrogens is 392 g/mol. The topological polar surface area (TPSA) is 79.1 Å². The summed E-state index contributed by atoms with van der Waals surface area (Å²) in [7, 11) is 1.35. The monoisotopic (exact) mass is 418 g/mol. The first-order chi connectivity index (χ1) is 14.1. The number of esters is 1. The second kappa shape index (κ2) is 8.98. The van der Waals surface area contributed by atoms with Gasteiger partial charge in [-0.25, -0.2) is 0 Å². The van der Waals surface area contributed by atoms with E-state index >= 15 is 0 Å². The van der Waals surface area contributed by atoms with Gasteiger partial charge in [0.15, 0.2) is 16.3 Å². The second-order valence-electron chi connectivity index (χ2n) is 7.56. The molecule has 0 atom stereocenters. The van der Waals surface area contributed by atoms with Crippen LogP contribution in [0.1, 0.15) is 44.9 Å². The summed E-state index contributed by atoms with van der Waals surface area (Å²) in [4.78, 5) is 29.4. The van der Waals surface area contributed by atoms with E-state index in [1.807, 2.05) is 12.1 Å². The number of methoxy groups -OCH3 is 1. The summed E-state index contributed by atoms with van der Waals surface area (Å²) in [5, 5.41) is 0. The van der Waals surface area contributed by atoms with Crippen LogP contribution in [0.4, 0.5) is 0 Å². The van der Waals surface area contributed by atoms with E-state index in [1.165, 1.54) is 50.6 Å². The fourth-order valence-corrected chi connectivity index (χ4v) is 5.06. The molecule has 0 N–H and O–H groups in total. The van der Waals surface area contributed by atoms with E-state index < -0.39 is 5.97 Å². The van der Waals surface area contributed by atoms with Gasteiger partial charge in [0.1, 0.15) is 19.8 Å². The van der Waals surface area contributed by atoms with Crippen LogP contribution in [0, 0.1) is 5.92 Å². The van der Waals surface area contributed by atoms with Gasteiger partial charge in [-0.2, -0.15) is 4.99 Å². The molecule has 1 aliphatic heterocycles. The zero-order valence-corrected chi connectivity index (χ0v) is 17.5. The molecule has 1 saturated carbocycles. The quantitative estimate of drug-likeness (QED) is 0.695. The molecule has 1 aromatic carbocycles. The fraction of sp³-hybridized carbons (Fsp3) is 0.571. The number of carbonyl (C=O) groups is 2. The Balaban J connectivity index is 1.63. The Labute approximate surface area is 173 Å². The van der Waals surface area contributed by atoms with Crippen molar-refractivity contribution >= 4 is 33.4 Å². The van der Waals surface area contributed by atoms with Gasteiger partial charge in [0.2, 0.25) is 5.91 Å². The van der Waals surface area contributed by atoms with E-state index in [9.17, 15) is 9.59 Å². The highest BCUT2D eigenvalue weighted by Gasteiger charge is 2.19. The van der Waals surface area contributed by atoms with E-state index in [4.69, 9.17) is 14.2 Å².